The van der Waals surface area contributed by atoms with Crippen LogP contribution in [0.3, 0.4) is 0 Å². The Labute approximate surface area is 160 Å². The van der Waals surface area contributed by atoms with Crippen LogP contribution >= 0.6 is 0 Å². The molecular weight excluding hydrogens is 431 g/mol. The molecule has 0 spiro atoms. The van der Waals surface area contributed by atoms with Crippen molar-refractivity contribution < 1.29 is 12.9 Å². The van der Waals surface area contributed by atoms with Crippen LogP contribution in [0, 0.1) is 0 Å². The summed E-state index contributed by atoms with van der Waals surface area (Å²) < 4.78 is 29.4. The molecule has 3 heterocycles. The molecule has 0 saturated carbocycles. The van der Waals surface area contributed by atoms with E-state index in [0.717, 1.165) is 4.35 Å². The Balaban J connectivity index is 1.66. The molecule has 0 unspecified atom stereocenters. The van der Waals surface area contributed by atoms with Crippen molar-refractivity contribution >= 4 is 57.5 Å². The fourth-order valence-corrected chi connectivity index (χ4v) is 4.52. The first-order valence-corrected chi connectivity index (χ1v) is 11.1. The van der Waals surface area contributed by atoms with Crippen LogP contribution in [0.1, 0.15) is 0 Å². The molecule has 9 nitrogen and oxygen atoms in total. The third-order valence-corrected chi connectivity index (χ3v) is 6.46. The minimum atomic E-state index is -3.72. The average molecular weight is 443 g/mol. The van der Waals surface area contributed by atoms with Gasteiger partial charge in [-0.3, -0.25) is 0 Å². The van der Waals surface area contributed by atoms with Crippen molar-refractivity contribution in [3.05, 3.63) is 54.9 Å². The van der Waals surface area contributed by atoms with Crippen LogP contribution in [0.2, 0.25) is 0 Å². The molecule has 3 N–H and O–H groups in total. The number of hydrogen-bond donors (Lipinski definition) is 2. The van der Waals surface area contributed by atoms with Crippen molar-refractivity contribution in [3.8, 4) is 0 Å². The minimum absolute atomic E-state index is 0.0663. The summed E-state index contributed by atoms with van der Waals surface area (Å²) in [6, 6.07) is 11.9. The number of hydrogen-bond acceptors (Lipinski definition) is 8. The second-order valence-corrected chi connectivity index (χ2v) is 9.36. The molecule has 0 aliphatic carbocycles. The van der Waals surface area contributed by atoms with E-state index in [-0.39, 0.29) is 4.90 Å². The van der Waals surface area contributed by atoms with Crippen LogP contribution in [0.25, 0.3) is 11.1 Å². The van der Waals surface area contributed by atoms with Gasteiger partial charge in [0.15, 0.2) is 0 Å². The number of aromatic nitrogens is 4. The predicted octanol–water partition coefficient (Wildman–Crippen LogP) is 0.0588. The van der Waals surface area contributed by atoms with Crippen LogP contribution in [0.15, 0.2) is 64.3 Å². The summed E-state index contributed by atoms with van der Waals surface area (Å²) in [5, 5.41) is 12.7. The van der Waals surface area contributed by atoms with E-state index in [1.165, 1.54) is 12.1 Å². The summed E-state index contributed by atoms with van der Waals surface area (Å²) in [4.78, 5) is 13.3. The van der Waals surface area contributed by atoms with E-state index >= 15 is 0 Å². The fourth-order valence-electron chi connectivity index (χ4n) is 2.28. The molecule has 1 radical (unpaired) electrons. The van der Waals surface area contributed by atoms with Gasteiger partial charge >= 0.3 is 161 Å². The molecule has 4 rings (SSSR count). The molecule has 4 aromatic rings. The van der Waals surface area contributed by atoms with Crippen molar-refractivity contribution in [2.75, 3.05) is 5.32 Å². The third kappa shape index (κ3) is 3.97. The average Bonchev–Trinajstić information content (AvgIpc) is 3.11. The van der Waals surface area contributed by atoms with Gasteiger partial charge in [0, 0.05) is 0 Å². The Hall–Kier alpha value is -2.81. The van der Waals surface area contributed by atoms with E-state index < -0.39 is 25.8 Å². The van der Waals surface area contributed by atoms with E-state index in [0.29, 0.717) is 27.3 Å². The van der Waals surface area contributed by atoms with Crippen molar-refractivity contribution in [2.45, 2.75) is 4.90 Å². The van der Waals surface area contributed by atoms with Gasteiger partial charge in [-0.25, -0.2) is 0 Å². The first-order valence-electron chi connectivity index (χ1n) is 7.64. The predicted molar refractivity (Wildman–Crippen MR) is 100.0 cm³/mol. The van der Waals surface area contributed by atoms with Gasteiger partial charge in [0.05, 0.1) is 0 Å². The summed E-state index contributed by atoms with van der Waals surface area (Å²) in [7, 11) is -3.72. The van der Waals surface area contributed by atoms with Gasteiger partial charge in [0.25, 0.3) is 0 Å². The van der Waals surface area contributed by atoms with Crippen LogP contribution < -0.4 is 19.4 Å². The quantitative estimate of drug-likeness (QED) is 0.413. The summed E-state index contributed by atoms with van der Waals surface area (Å²) in [6.07, 6.45) is 3.22. The molecule has 0 amide bonds. The van der Waals surface area contributed by atoms with Gasteiger partial charge in [-0.1, -0.05) is 0 Å². The molecular formula is C16H12AsN6O3S. The van der Waals surface area contributed by atoms with E-state index in [2.05, 4.69) is 25.4 Å². The standard InChI is InChI=1S/C16H12AsN6O3S/c18-27(24,25)11-6-4-10(5-7-11)17-16-22-14(12-9-20-26-15(12)23-16)21-13-3-1-2-8-19-13/h1-9H,(H2,18,24,25)(H,19,21,22,23). The normalized spacial score (nSPS) is 12.0. The van der Waals surface area contributed by atoms with Crippen molar-refractivity contribution in [1.82, 2.24) is 20.1 Å². The first kappa shape index (κ1) is 17.6. The zero-order valence-corrected chi connectivity index (χ0v) is 16.3. The van der Waals surface area contributed by atoms with E-state index in [1.807, 2.05) is 18.2 Å². The molecule has 0 fully saturated rings. The number of rotatable bonds is 5. The Morgan fingerprint density at radius 1 is 1.07 bits per heavy atom. The Morgan fingerprint density at radius 3 is 2.59 bits per heavy atom. The maximum absolute atomic E-state index is 11.4. The number of nitrogens with two attached hydrogens (primary N) is 1. The molecule has 27 heavy (non-hydrogen) atoms. The SMILES string of the molecule is NS(=O)(=O)c1ccc([As]c2nc(Nc3ccccn3)c3cnoc3n2)cc1. The van der Waals surface area contributed by atoms with Crippen molar-refractivity contribution in [3.63, 3.8) is 0 Å². The summed E-state index contributed by atoms with van der Waals surface area (Å²) >= 11 is -0.606. The summed E-state index contributed by atoms with van der Waals surface area (Å²) in [5.41, 5.74) is 0.370. The third-order valence-electron chi connectivity index (χ3n) is 3.53. The maximum atomic E-state index is 11.4. The van der Waals surface area contributed by atoms with E-state index in [1.54, 1.807) is 24.5 Å². The molecule has 0 aliphatic heterocycles. The second kappa shape index (κ2) is 7.07. The monoisotopic (exact) mass is 443 g/mol. The topological polar surface area (TPSA) is 137 Å². The number of primary sulfonamides is 1. The van der Waals surface area contributed by atoms with Crippen LogP contribution in [-0.2, 0) is 10.0 Å². The van der Waals surface area contributed by atoms with Gasteiger partial charge in [-0.2, -0.15) is 0 Å². The summed E-state index contributed by atoms with van der Waals surface area (Å²) in [6.45, 7) is 0. The Kier molecular flexibility index (Phi) is 4.61. The number of nitrogens with zero attached hydrogens (tertiary/aromatic N) is 4. The van der Waals surface area contributed by atoms with Crippen molar-refractivity contribution in [1.29, 1.82) is 0 Å². The van der Waals surface area contributed by atoms with Crippen LogP contribution in [0.5, 0.6) is 0 Å². The first-order chi connectivity index (χ1) is 13.0. The molecule has 3 aromatic heterocycles. The fraction of sp³-hybridized carbons (Fsp3) is 0. The number of benzene rings is 1. The second-order valence-electron chi connectivity index (χ2n) is 5.41. The van der Waals surface area contributed by atoms with Crippen LogP contribution in [0.4, 0.5) is 11.6 Å². The Morgan fingerprint density at radius 2 is 1.89 bits per heavy atom. The summed E-state index contributed by atoms with van der Waals surface area (Å²) in [5.74, 6) is 1.19. The molecule has 0 atom stereocenters. The molecule has 1 aromatic carbocycles. The number of sulfonamides is 1. The zero-order chi connectivity index (χ0) is 18.9. The zero-order valence-electron chi connectivity index (χ0n) is 13.6. The number of anilines is 2. The van der Waals surface area contributed by atoms with Gasteiger partial charge in [0.1, 0.15) is 0 Å². The molecule has 11 heteroatoms. The van der Waals surface area contributed by atoms with Crippen LogP contribution in [-0.4, -0.2) is 44.3 Å². The van der Waals surface area contributed by atoms with Gasteiger partial charge in [-0.15, -0.1) is 0 Å². The van der Waals surface area contributed by atoms with E-state index in [9.17, 15) is 8.42 Å². The number of nitrogens with one attached hydrogen (secondary N) is 1. The molecule has 0 aliphatic rings. The van der Waals surface area contributed by atoms with E-state index in [4.69, 9.17) is 9.66 Å². The Bertz CT molecular complexity index is 1200. The number of fused-ring (bicyclic) bond motifs is 1. The van der Waals surface area contributed by atoms with Gasteiger partial charge < -0.3 is 0 Å². The molecule has 0 saturated heterocycles. The number of pyridine rings is 1. The van der Waals surface area contributed by atoms with Gasteiger partial charge in [0.2, 0.25) is 0 Å². The molecule has 0 bridgehead atoms. The van der Waals surface area contributed by atoms with Crippen molar-refractivity contribution in [2.24, 2.45) is 5.14 Å². The van der Waals surface area contributed by atoms with Gasteiger partial charge in [-0.05, 0) is 0 Å². The molecule has 135 valence electrons.